The monoisotopic (exact) mass is 268 g/mol. The topological polar surface area (TPSA) is 122 Å². The normalized spacial score (nSPS) is 10.1. The molecule has 0 saturated heterocycles. The maximum atomic E-state index is 11.5. The van der Waals surface area contributed by atoms with Crippen molar-refractivity contribution in [2.75, 3.05) is 24.2 Å². The summed E-state index contributed by atoms with van der Waals surface area (Å²) in [5, 5.41) is 18.8. The van der Waals surface area contributed by atoms with E-state index in [4.69, 9.17) is 0 Å². The van der Waals surface area contributed by atoms with Crippen LogP contribution in [0.5, 0.6) is 0 Å². The molecule has 0 fully saturated rings. The number of nitrogens with zero attached hydrogens (tertiary/aromatic N) is 3. The zero-order valence-corrected chi connectivity index (χ0v) is 10.9. The predicted octanol–water partition coefficient (Wildman–Crippen LogP) is 0.363. The van der Waals surface area contributed by atoms with Crippen LogP contribution in [0.25, 0.3) is 0 Å². The molecule has 9 nitrogen and oxygen atoms in total. The molecular formula is C10H16N6O3. The summed E-state index contributed by atoms with van der Waals surface area (Å²) in [5.41, 5.74) is -0.281. The number of hydrogen-bond donors (Lipinski definition) is 3. The molecule has 19 heavy (non-hydrogen) atoms. The van der Waals surface area contributed by atoms with E-state index in [1.165, 1.54) is 0 Å². The summed E-state index contributed by atoms with van der Waals surface area (Å²) in [4.78, 5) is 29.3. The Morgan fingerprint density at radius 2 is 2.21 bits per heavy atom. The Kier molecular flexibility index (Phi) is 4.98. The lowest BCUT2D eigenvalue weighted by atomic mass is 10.4. The van der Waals surface area contributed by atoms with Gasteiger partial charge in [-0.3, -0.25) is 14.9 Å². The average molecular weight is 268 g/mol. The molecule has 1 aromatic heterocycles. The fraction of sp³-hybridized carbons (Fsp3) is 0.500. The molecule has 0 aromatic carbocycles. The number of hydrogen-bond acceptors (Lipinski definition) is 7. The number of amides is 1. The van der Waals surface area contributed by atoms with Crippen LogP contribution in [0.15, 0.2) is 6.20 Å². The van der Waals surface area contributed by atoms with Crippen LogP contribution in [0.4, 0.5) is 17.5 Å². The van der Waals surface area contributed by atoms with Gasteiger partial charge in [0.05, 0.1) is 11.5 Å². The second-order valence-corrected chi connectivity index (χ2v) is 4.01. The molecule has 0 atom stereocenters. The third-order valence-electron chi connectivity index (χ3n) is 2.06. The third kappa shape index (κ3) is 4.37. The van der Waals surface area contributed by atoms with Gasteiger partial charge < -0.3 is 16.0 Å². The molecule has 1 amide bonds. The van der Waals surface area contributed by atoms with Gasteiger partial charge in [-0.05, 0) is 13.8 Å². The zero-order valence-electron chi connectivity index (χ0n) is 10.9. The van der Waals surface area contributed by atoms with Crippen molar-refractivity contribution in [3.63, 3.8) is 0 Å². The highest BCUT2D eigenvalue weighted by Crippen LogP contribution is 2.21. The third-order valence-corrected chi connectivity index (χ3v) is 2.06. The Morgan fingerprint density at radius 3 is 2.74 bits per heavy atom. The Bertz CT molecular complexity index is 476. The largest absolute Gasteiger partial charge is 0.357 e. The van der Waals surface area contributed by atoms with E-state index >= 15 is 0 Å². The van der Waals surface area contributed by atoms with E-state index in [1.54, 1.807) is 7.05 Å². The highest BCUT2D eigenvalue weighted by Gasteiger charge is 2.17. The van der Waals surface area contributed by atoms with Gasteiger partial charge in [-0.25, -0.2) is 4.98 Å². The summed E-state index contributed by atoms with van der Waals surface area (Å²) in [6.45, 7) is 3.55. The molecule has 3 N–H and O–H groups in total. The van der Waals surface area contributed by atoms with E-state index < -0.39 is 4.92 Å². The number of carbonyl (C=O) groups is 1. The predicted molar refractivity (Wildman–Crippen MR) is 70.0 cm³/mol. The SMILES string of the molecule is CNc1ncc([N+](=O)[O-])c(NCC(=O)NC(C)C)n1. The molecule has 0 aliphatic heterocycles. The van der Waals surface area contributed by atoms with E-state index in [9.17, 15) is 14.9 Å². The first kappa shape index (κ1) is 14.6. The van der Waals surface area contributed by atoms with Gasteiger partial charge in [-0.1, -0.05) is 0 Å². The number of carbonyl (C=O) groups excluding carboxylic acids is 1. The van der Waals surface area contributed by atoms with E-state index in [0.29, 0.717) is 0 Å². The number of nitrogens with one attached hydrogen (secondary N) is 3. The van der Waals surface area contributed by atoms with Gasteiger partial charge in [0.25, 0.3) is 0 Å². The molecule has 1 aromatic rings. The fourth-order valence-electron chi connectivity index (χ4n) is 1.30. The smallest absolute Gasteiger partial charge is 0.329 e. The number of rotatable bonds is 6. The molecule has 0 unspecified atom stereocenters. The molecule has 0 spiro atoms. The van der Waals surface area contributed by atoms with Crippen LogP contribution < -0.4 is 16.0 Å². The van der Waals surface area contributed by atoms with E-state index in [-0.39, 0.29) is 35.9 Å². The molecule has 1 rings (SSSR count). The summed E-state index contributed by atoms with van der Waals surface area (Å²) in [6.07, 6.45) is 1.08. The molecule has 0 saturated carbocycles. The van der Waals surface area contributed by atoms with Crippen molar-refractivity contribution in [3.8, 4) is 0 Å². The van der Waals surface area contributed by atoms with Crippen molar-refractivity contribution in [2.45, 2.75) is 19.9 Å². The van der Waals surface area contributed by atoms with Crippen LogP contribution in [0, 0.1) is 10.1 Å². The second kappa shape index (κ2) is 6.47. The molecule has 1 heterocycles. The highest BCUT2D eigenvalue weighted by molar-refractivity contribution is 5.81. The van der Waals surface area contributed by atoms with Crippen molar-refractivity contribution in [3.05, 3.63) is 16.3 Å². The molecular weight excluding hydrogens is 252 g/mol. The van der Waals surface area contributed by atoms with Crippen molar-refractivity contribution >= 4 is 23.4 Å². The van der Waals surface area contributed by atoms with E-state index in [2.05, 4.69) is 25.9 Å². The van der Waals surface area contributed by atoms with Gasteiger partial charge in [0, 0.05) is 13.1 Å². The Hall–Kier alpha value is -2.45. The first-order valence-electron chi connectivity index (χ1n) is 5.66. The van der Waals surface area contributed by atoms with Gasteiger partial charge in [0.1, 0.15) is 6.20 Å². The average Bonchev–Trinajstić information content (AvgIpc) is 2.34. The van der Waals surface area contributed by atoms with Gasteiger partial charge in [0.15, 0.2) is 0 Å². The quantitative estimate of drug-likeness (QED) is 0.503. The van der Waals surface area contributed by atoms with Crippen molar-refractivity contribution in [1.29, 1.82) is 0 Å². The lowest BCUT2D eigenvalue weighted by molar-refractivity contribution is -0.384. The van der Waals surface area contributed by atoms with Crippen LogP contribution >= 0.6 is 0 Å². The second-order valence-electron chi connectivity index (χ2n) is 4.01. The molecule has 104 valence electrons. The summed E-state index contributed by atoms with van der Waals surface area (Å²) < 4.78 is 0. The minimum atomic E-state index is -0.609. The number of aromatic nitrogens is 2. The summed E-state index contributed by atoms with van der Waals surface area (Å²) in [7, 11) is 1.59. The number of nitro groups is 1. The molecule has 0 radical (unpaired) electrons. The summed E-state index contributed by atoms with van der Waals surface area (Å²) in [6, 6.07) is 0.00237. The van der Waals surface area contributed by atoms with Gasteiger partial charge in [-0.15, -0.1) is 0 Å². The van der Waals surface area contributed by atoms with Gasteiger partial charge in [0.2, 0.25) is 17.7 Å². The first-order chi connectivity index (χ1) is 8.93. The molecule has 9 heteroatoms. The van der Waals surface area contributed by atoms with E-state index in [0.717, 1.165) is 6.20 Å². The van der Waals surface area contributed by atoms with Crippen molar-refractivity contribution in [2.24, 2.45) is 0 Å². The van der Waals surface area contributed by atoms with E-state index in [1.807, 2.05) is 13.8 Å². The molecule has 0 aliphatic carbocycles. The van der Waals surface area contributed by atoms with Crippen LogP contribution in [0.3, 0.4) is 0 Å². The number of anilines is 2. The highest BCUT2D eigenvalue weighted by atomic mass is 16.6. The lowest BCUT2D eigenvalue weighted by Gasteiger charge is -2.10. The molecule has 0 bridgehead atoms. The van der Waals surface area contributed by atoms with Crippen LogP contribution in [-0.4, -0.2) is 40.4 Å². The summed E-state index contributed by atoms with van der Waals surface area (Å²) in [5.74, 6) is -0.0328. The lowest BCUT2D eigenvalue weighted by Crippen LogP contribution is -2.35. The Labute approximate surface area is 110 Å². The fourth-order valence-corrected chi connectivity index (χ4v) is 1.30. The van der Waals surface area contributed by atoms with Crippen LogP contribution in [0.1, 0.15) is 13.8 Å². The van der Waals surface area contributed by atoms with Crippen molar-refractivity contribution in [1.82, 2.24) is 15.3 Å². The summed E-state index contributed by atoms with van der Waals surface area (Å²) >= 11 is 0. The first-order valence-corrected chi connectivity index (χ1v) is 5.66. The van der Waals surface area contributed by atoms with Gasteiger partial charge in [-0.2, -0.15) is 4.98 Å². The molecule has 0 aliphatic rings. The minimum absolute atomic E-state index is 0.00237. The maximum absolute atomic E-state index is 11.5. The van der Waals surface area contributed by atoms with Gasteiger partial charge >= 0.3 is 5.69 Å². The van der Waals surface area contributed by atoms with Crippen molar-refractivity contribution < 1.29 is 9.72 Å². The minimum Gasteiger partial charge on any atom is -0.357 e. The Balaban J connectivity index is 2.80. The maximum Gasteiger partial charge on any atom is 0.329 e. The Morgan fingerprint density at radius 1 is 1.53 bits per heavy atom. The zero-order chi connectivity index (χ0) is 14.4. The standard InChI is InChI=1S/C10H16N6O3/c1-6(2)14-8(17)5-12-9-7(16(18)19)4-13-10(11-3)15-9/h4,6H,5H2,1-3H3,(H,14,17)(H2,11,12,13,15). The van der Waals surface area contributed by atoms with Crippen LogP contribution in [0.2, 0.25) is 0 Å². The van der Waals surface area contributed by atoms with Crippen LogP contribution in [-0.2, 0) is 4.79 Å².